The maximum absolute atomic E-state index is 13.2. The van der Waals surface area contributed by atoms with Crippen molar-refractivity contribution >= 4 is 16.7 Å². The Morgan fingerprint density at radius 1 is 0.950 bits per heavy atom. The lowest BCUT2D eigenvalue weighted by Gasteiger charge is -2.05. The largest absolute Gasteiger partial charge is 0.289 e. The lowest BCUT2D eigenvalue weighted by Crippen LogP contribution is -2.04. The first kappa shape index (κ1) is 12.4. The number of hydrogen-bond donors (Lipinski definition) is 0. The van der Waals surface area contributed by atoms with E-state index in [1.807, 2.05) is 12.1 Å². The summed E-state index contributed by atoms with van der Waals surface area (Å²) in [4.78, 5) is 16.6. The lowest BCUT2D eigenvalue weighted by atomic mass is 10.0. The number of carbonyl (C=O) groups excluding carboxylic acids is 1. The van der Waals surface area contributed by atoms with Crippen molar-refractivity contribution < 1.29 is 13.6 Å². The Hall–Kier alpha value is -2.62. The van der Waals surface area contributed by atoms with Gasteiger partial charge in [0.25, 0.3) is 0 Å². The number of hydrogen-bond acceptors (Lipinski definition) is 2. The molecule has 0 saturated heterocycles. The summed E-state index contributed by atoms with van der Waals surface area (Å²) < 4.78 is 26.4. The number of nitrogens with zero attached hydrogens (tertiary/aromatic N) is 1. The number of ketones is 1. The first-order valence-corrected chi connectivity index (χ1v) is 6.00. The van der Waals surface area contributed by atoms with E-state index in [2.05, 4.69) is 4.98 Å². The fourth-order valence-corrected chi connectivity index (χ4v) is 2.13. The predicted molar refractivity (Wildman–Crippen MR) is 71.5 cm³/mol. The van der Waals surface area contributed by atoms with E-state index >= 15 is 0 Å². The molecule has 0 aliphatic carbocycles. The molecule has 0 aliphatic rings. The maximum Gasteiger partial charge on any atom is 0.195 e. The van der Waals surface area contributed by atoms with E-state index in [9.17, 15) is 13.6 Å². The second kappa shape index (κ2) is 4.81. The van der Waals surface area contributed by atoms with Crippen molar-refractivity contribution in [2.24, 2.45) is 0 Å². The molecule has 4 heteroatoms. The number of halogens is 2. The van der Waals surface area contributed by atoms with Gasteiger partial charge in [-0.2, -0.15) is 0 Å². The number of carbonyl (C=O) groups is 1. The van der Waals surface area contributed by atoms with Crippen molar-refractivity contribution in [1.29, 1.82) is 0 Å². The minimum absolute atomic E-state index is 0.0272. The fourth-order valence-electron chi connectivity index (χ4n) is 2.13. The number of fused-ring (bicyclic) bond motifs is 1. The van der Waals surface area contributed by atoms with Crippen LogP contribution < -0.4 is 0 Å². The second-order valence-electron chi connectivity index (χ2n) is 4.37. The smallest absolute Gasteiger partial charge is 0.195 e. The third kappa shape index (κ3) is 2.16. The van der Waals surface area contributed by atoms with E-state index in [0.29, 0.717) is 11.1 Å². The van der Waals surface area contributed by atoms with Gasteiger partial charge in [-0.15, -0.1) is 0 Å². The summed E-state index contributed by atoms with van der Waals surface area (Å²) >= 11 is 0. The van der Waals surface area contributed by atoms with Gasteiger partial charge in [-0.25, -0.2) is 8.78 Å². The Balaban J connectivity index is 2.17. The molecule has 0 aliphatic heterocycles. The topological polar surface area (TPSA) is 30.0 Å². The summed E-state index contributed by atoms with van der Waals surface area (Å²) in [5.41, 5.74) is 0.818. The quantitative estimate of drug-likeness (QED) is 0.663. The molecule has 20 heavy (non-hydrogen) atoms. The van der Waals surface area contributed by atoms with Crippen LogP contribution in [-0.2, 0) is 0 Å². The third-order valence-corrected chi connectivity index (χ3v) is 3.00. The molecule has 0 N–H and O–H groups in total. The molecule has 3 rings (SSSR count). The molecule has 0 atom stereocenters. The van der Waals surface area contributed by atoms with Gasteiger partial charge in [-0.3, -0.25) is 9.78 Å². The first-order chi connectivity index (χ1) is 9.65. The summed E-state index contributed by atoms with van der Waals surface area (Å²) in [6.07, 6.45) is 1.57. The van der Waals surface area contributed by atoms with Crippen LogP contribution in [-0.4, -0.2) is 10.8 Å². The normalized spacial score (nSPS) is 10.7. The van der Waals surface area contributed by atoms with E-state index in [4.69, 9.17) is 0 Å². The van der Waals surface area contributed by atoms with Crippen LogP contribution in [0, 0.1) is 11.6 Å². The van der Waals surface area contributed by atoms with Gasteiger partial charge in [-0.1, -0.05) is 18.2 Å². The number of pyridine rings is 1. The van der Waals surface area contributed by atoms with E-state index in [-0.39, 0.29) is 5.56 Å². The van der Waals surface area contributed by atoms with Crippen molar-refractivity contribution in [2.45, 2.75) is 0 Å². The Bertz CT molecular complexity index is 789. The van der Waals surface area contributed by atoms with E-state index < -0.39 is 17.4 Å². The van der Waals surface area contributed by atoms with E-state index in [1.54, 1.807) is 24.4 Å². The summed E-state index contributed by atoms with van der Waals surface area (Å²) in [5, 5.41) is 0.801. The van der Waals surface area contributed by atoms with Gasteiger partial charge >= 0.3 is 0 Å². The summed E-state index contributed by atoms with van der Waals surface area (Å²) in [7, 11) is 0. The molecular formula is C16H9F2NO. The van der Waals surface area contributed by atoms with Crippen LogP contribution in [0.4, 0.5) is 8.78 Å². The van der Waals surface area contributed by atoms with Crippen molar-refractivity contribution in [3.05, 3.63) is 77.5 Å². The monoisotopic (exact) mass is 269 g/mol. The molecule has 98 valence electrons. The SMILES string of the molecule is O=C(c1cc(F)cc(F)c1)c1cccc2cccnc12. The maximum atomic E-state index is 13.2. The highest BCUT2D eigenvalue weighted by Crippen LogP contribution is 2.20. The highest BCUT2D eigenvalue weighted by molar-refractivity contribution is 6.15. The van der Waals surface area contributed by atoms with Crippen LogP contribution in [0.2, 0.25) is 0 Å². The van der Waals surface area contributed by atoms with Crippen molar-refractivity contribution in [1.82, 2.24) is 4.98 Å². The van der Waals surface area contributed by atoms with Gasteiger partial charge in [0.05, 0.1) is 5.52 Å². The lowest BCUT2D eigenvalue weighted by molar-refractivity contribution is 0.103. The van der Waals surface area contributed by atoms with Gasteiger partial charge < -0.3 is 0 Å². The number of aromatic nitrogens is 1. The second-order valence-corrected chi connectivity index (χ2v) is 4.37. The Morgan fingerprint density at radius 3 is 2.40 bits per heavy atom. The third-order valence-electron chi connectivity index (χ3n) is 3.00. The minimum Gasteiger partial charge on any atom is -0.289 e. The molecule has 1 aromatic heterocycles. The van der Waals surface area contributed by atoms with Crippen molar-refractivity contribution in [3.8, 4) is 0 Å². The van der Waals surface area contributed by atoms with Gasteiger partial charge in [-0.05, 0) is 24.3 Å². The van der Waals surface area contributed by atoms with Crippen molar-refractivity contribution in [3.63, 3.8) is 0 Å². The zero-order chi connectivity index (χ0) is 14.1. The summed E-state index contributed by atoms with van der Waals surface area (Å²) in [6.45, 7) is 0. The number of benzene rings is 2. The molecule has 2 nitrogen and oxygen atoms in total. The first-order valence-electron chi connectivity index (χ1n) is 6.00. The van der Waals surface area contributed by atoms with Gasteiger partial charge in [0, 0.05) is 28.8 Å². The highest BCUT2D eigenvalue weighted by atomic mass is 19.1. The summed E-state index contributed by atoms with van der Waals surface area (Å²) in [6, 6.07) is 11.5. The average molecular weight is 269 g/mol. The number of rotatable bonds is 2. The Kier molecular flexibility index (Phi) is 2.99. The molecule has 2 aromatic carbocycles. The predicted octanol–water partition coefficient (Wildman–Crippen LogP) is 3.74. The van der Waals surface area contributed by atoms with Crippen molar-refractivity contribution in [2.75, 3.05) is 0 Å². The zero-order valence-electron chi connectivity index (χ0n) is 10.3. The zero-order valence-corrected chi connectivity index (χ0v) is 10.3. The van der Waals surface area contributed by atoms with Crippen LogP contribution in [0.5, 0.6) is 0 Å². The molecule has 0 bridgehead atoms. The van der Waals surface area contributed by atoms with Crippen LogP contribution in [0.15, 0.2) is 54.7 Å². The summed E-state index contributed by atoms with van der Waals surface area (Å²) in [5.74, 6) is -2.00. The van der Waals surface area contributed by atoms with E-state index in [0.717, 1.165) is 23.6 Å². The molecule has 0 saturated carbocycles. The molecule has 0 unspecified atom stereocenters. The molecule has 0 amide bonds. The minimum atomic E-state index is -0.776. The van der Waals surface area contributed by atoms with Gasteiger partial charge in [0.1, 0.15) is 11.6 Å². The molecule has 0 radical (unpaired) electrons. The number of para-hydroxylation sites is 1. The van der Waals surface area contributed by atoms with Gasteiger partial charge in [0.15, 0.2) is 5.78 Å². The van der Waals surface area contributed by atoms with Crippen LogP contribution in [0.25, 0.3) is 10.9 Å². The fraction of sp³-hybridized carbons (Fsp3) is 0. The molecule has 0 spiro atoms. The standard InChI is InChI=1S/C16H9F2NO/c17-12-7-11(8-13(18)9-12)16(20)14-5-1-3-10-4-2-6-19-15(10)14/h1-9H. The molecular weight excluding hydrogens is 260 g/mol. The van der Waals surface area contributed by atoms with Crippen LogP contribution in [0.3, 0.4) is 0 Å². The Labute approximate surface area is 113 Å². The highest BCUT2D eigenvalue weighted by Gasteiger charge is 2.15. The van der Waals surface area contributed by atoms with Gasteiger partial charge in [0.2, 0.25) is 0 Å². The van der Waals surface area contributed by atoms with E-state index in [1.165, 1.54) is 0 Å². The molecule has 3 aromatic rings. The Morgan fingerprint density at radius 2 is 1.65 bits per heavy atom. The van der Waals surface area contributed by atoms with Crippen LogP contribution in [0.1, 0.15) is 15.9 Å². The average Bonchev–Trinajstić information content (AvgIpc) is 2.45. The molecule has 0 fully saturated rings. The van der Waals surface area contributed by atoms with Crippen LogP contribution >= 0.6 is 0 Å². The molecule has 1 heterocycles.